The number of benzene rings is 1. The fourth-order valence-corrected chi connectivity index (χ4v) is 4.94. The van der Waals surface area contributed by atoms with Gasteiger partial charge in [0.1, 0.15) is 10.8 Å². The summed E-state index contributed by atoms with van der Waals surface area (Å²) in [4.78, 5) is 17.8. The maximum Gasteiger partial charge on any atom is 0.268 e. The van der Waals surface area contributed by atoms with Gasteiger partial charge in [-0.05, 0) is 42.7 Å². The lowest BCUT2D eigenvalue weighted by atomic mass is 9.95. The molecule has 2 N–H and O–H groups in total. The summed E-state index contributed by atoms with van der Waals surface area (Å²) in [5, 5.41) is 28.5. The van der Waals surface area contributed by atoms with E-state index in [1.54, 1.807) is 22.9 Å². The number of nitrogens with one attached hydrogen (secondary N) is 1. The second kappa shape index (κ2) is 7.93. The summed E-state index contributed by atoms with van der Waals surface area (Å²) >= 11 is 6.11. The molecule has 1 aliphatic rings. The van der Waals surface area contributed by atoms with Crippen LogP contribution in [0, 0.1) is 6.92 Å². The second-order valence-corrected chi connectivity index (χ2v) is 8.73. The van der Waals surface area contributed by atoms with Crippen LogP contribution in [-0.2, 0) is 13.1 Å². The molecule has 1 unspecified atom stereocenters. The summed E-state index contributed by atoms with van der Waals surface area (Å²) in [6.45, 7) is 3.13. The molecule has 1 aliphatic heterocycles. The molecule has 1 atom stereocenters. The maximum atomic E-state index is 13.5. The number of anilines is 1. The molecule has 0 saturated heterocycles. The summed E-state index contributed by atoms with van der Waals surface area (Å²) in [7, 11) is 0. The smallest absolute Gasteiger partial charge is 0.268 e. The quantitative estimate of drug-likeness (QED) is 0.369. The van der Waals surface area contributed by atoms with Crippen molar-refractivity contribution >= 4 is 39.1 Å². The summed E-state index contributed by atoms with van der Waals surface area (Å²) in [5.41, 5.74) is 3.40. The van der Waals surface area contributed by atoms with Crippen molar-refractivity contribution in [1.82, 2.24) is 29.5 Å². The van der Waals surface area contributed by atoms with Crippen LogP contribution in [0.15, 0.2) is 46.1 Å². The topological polar surface area (TPSA) is 124 Å². The summed E-state index contributed by atoms with van der Waals surface area (Å²) in [6.07, 6.45) is 3.87. The summed E-state index contributed by atoms with van der Waals surface area (Å²) in [6, 6.07) is 6.71. The highest BCUT2D eigenvalue weighted by Gasteiger charge is 2.25. The summed E-state index contributed by atoms with van der Waals surface area (Å²) < 4.78 is 9.01. The number of aliphatic hydroxyl groups is 1. The standard InChI is InChI=1S/C23H20ClN7O3/c1-12-7-13(17(10-32)27-16-3-4-18(24)28-20(16)21-29-25-11-34-21)19-14(8-12)23(33)30-5-2-6-31-22(30)15(19)9-26-31/h3-4,7-9,11,17,27,32H,2,5-6,10H2,1H3. The predicted molar refractivity (Wildman–Crippen MR) is 127 cm³/mol. The van der Waals surface area contributed by atoms with Crippen LogP contribution < -0.4 is 10.9 Å². The largest absolute Gasteiger partial charge is 0.422 e. The maximum absolute atomic E-state index is 13.5. The summed E-state index contributed by atoms with van der Waals surface area (Å²) in [5.74, 6) is 0.199. The molecule has 34 heavy (non-hydrogen) atoms. The molecule has 1 aromatic carbocycles. The van der Waals surface area contributed by atoms with Gasteiger partial charge in [0, 0.05) is 29.2 Å². The monoisotopic (exact) mass is 477 g/mol. The Bertz CT molecular complexity index is 1610. The first-order valence-corrected chi connectivity index (χ1v) is 11.3. The molecule has 6 rings (SSSR count). The van der Waals surface area contributed by atoms with E-state index >= 15 is 0 Å². The number of rotatable bonds is 5. The molecule has 5 aromatic rings. The Morgan fingerprint density at radius 1 is 1.26 bits per heavy atom. The fraction of sp³-hybridized carbons (Fsp3) is 0.261. The van der Waals surface area contributed by atoms with E-state index < -0.39 is 6.04 Å². The molecule has 0 bridgehead atoms. The number of aliphatic hydroxyl groups excluding tert-OH is 1. The highest BCUT2D eigenvalue weighted by molar-refractivity contribution is 6.29. The molecule has 11 heteroatoms. The molecule has 172 valence electrons. The van der Waals surface area contributed by atoms with E-state index in [2.05, 4.69) is 25.6 Å². The normalized spacial score (nSPS) is 14.1. The average molecular weight is 478 g/mol. The van der Waals surface area contributed by atoms with E-state index in [1.807, 2.05) is 23.7 Å². The lowest BCUT2D eigenvalue weighted by Crippen LogP contribution is -2.27. The van der Waals surface area contributed by atoms with Crippen molar-refractivity contribution in [2.24, 2.45) is 0 Å². The zero-order chi connectivity index (χ0) is 23.4. The van der Waals surface area contributed by atoms with E-state index in [0.29, 0.717) is 23.3 Å². The molecule has 0 aliphatic carbocycles. The van der Waals surface area contributed by atoms with Gasteiger partial charge in [0.15, 0.2) is 5.69 Å². The van der Waals surface area contributed by atoms with Crippen LogP contribution in [0.25, 0.3) is 33.4 Å². The van der Waals surface area contributed by atoms with Crippen LogP contribution in [0.3, 0.4) is 0 Å². The lowest BCUT2D eigenvalue weighted by Gasteiger charge is -2.23. The van der Waals surface area contributed by atoms with E-state index in [4.69, 9.17) is 16.0 Å². The van der Waals surface area contributed by atoms with Crippen molar-refractivity contribution in [3.8, 4) is 11.6 Å². The first-order chi connectivity index (χ1) is 16.5. The SMILES string of the molecule is Cc1cc(C(CO)Nc2ccc(Cl)nc2-c2nnco2)c2c(c1)c(=O)n1c3c2cnn3CCC1. The molecule has 5 heterocycles. The zero-order valence-corrected chi connectivity index (χ0v) is 19.0. The number of halogens is 1. The Morgan fingerprint density at radius 2 is 2.15 bits per heavy atom. The number of aryl methyl sites for hydroxylation is 3. The van der Waals surface area contributed by atoms with Crippen LogP contribution in [-0.4, -0.2) is 41.2 Å². The molecule has 0 amide bonds. The van der Waals surface area contributed by atoms with E-state index in [1.165, 1.54) is 6.39 Å². The number of nitrogens with zero attached hydrogens (tertiary/aromatic N) is 6. The Labute approximate surface area is 197 Å². The molecule has 10 nitrogen and oxygen atoms in total. The number of hydrogen-bond acceptors (Lipinski definition) is 8. The van der Waals surface area contributed by atoms with Crippen molar-refractivity contribution in [3.05, 3.63) is 63.5 Å². The minimum Gasteiger partial charge on any atom is -0.422 e. The molecule has 0 fully saturated rings. The number of fused-ring (bicyclic) bond motifs is 2. The van der Waals surface area contributed by atoms with Gasteiger partial charge in [0.05, 0.1) is 24.5 Å². The van der Waals surface area contributed by atoms with Gasteiger partial charge < -0.3 is 14.8 Å². The number of aromatic nitrogens is 6. The number of pyridine rings is 2. The lowest BCUT2D eigenvalue weighted by molar-refractivity contribution is 0.277. The van der Waals surface area contributed by atoms with Gasteiger partial charge in [0.2, 0.25) is 6.39 Å². The van der Waals surface area contributed by atoms with Gasteiger partial charge in [-0.15, -0.1) is 10.2 Å². The minimum atomic E-state index is -0.559. The van der Waals surface area contributed by atoms with Crippen molar-refractivity contribution in [3.63, 3.8) is 0 Å². The van der Waals surface area contributed by atoms with Gasteiger partial charge in [-0.2, -0.15) is 5.10 Å². The zero-order valence-electron chi connectivity index (χ0n) is 18.2. The molecular formula is C23H20ClN7O3. The average Bonchev–Trinajstić information content (AvgIpc) is 3.52. The fourth-order valence-electron chi connectivity index (χ4n) is 4.79. The Kier molecular flexibility index (Phi) is 4.85. The number of hydrogen-bond donors (Lipinski definition) is 2. The first-order valence-electron chi connectivity index (χ1n) is 10.9. The van der Waals surface area contributed by atoms with Gasteiger partial charge in [0.25, 0.3) is 11.4 Å². The predicted octanol–water partition coefficient (Wildman–Crippen LogP) is 3.31. The van der Waals surface area contributed by atoms with Crippen LogP contribution in [0.5, 0.6) is 0 Å². The minimum absolute atomic E-state index is 0.0506. The van der Waals surface area contributed by atoms with Crippen molar-refractivity contribution in [1.29, 1.82) is 0 Å². The van der Waals surface area contributed by atoms with Crippen LogP contribution in [0.2, 0.25) is 5.15 Å². The van der Waals surface area contributed by atoms with Crippen molar-refractivity contribution < 1.29 is 9.52 Å². The molecule has 4 aromatic heterocycles. The van der Waals surface area contributed by atoms with E-state index in [9.17, 15) is 9.90 Å². The van der Waals surface area contributed by atoms with Crippen LogP contribution in [0.1, 0.15) is 23.6 Å². The molecule has 0 radical (unpaired) electrons. The molecular weight excluding hydrogens is 458 g/mol. The van der Waals surface area contributed by atoms with Gasteiger partial charge in [-0.3, -0.25) is 9.36 Å². The third-order valence-electron chi connectivity index (χ3n) is 6.19. The van der Waals surface area contributed by atoms with Gasteiger partial charge >= 0.3 is 0 Å². The Balaban J connectivity index is 1.56. The van der Waals surface area contributed by atoms with Crippen LogP contribution in [0.4, 0.5) is 5.69 Å². The second-order valence-electron chi connectivity index (χ2n) is 8.35. The van der Waals surface area contributed by atoms with Crippen molar-refractivity contribution in [2.45, 2.75) is 32.5 Å². The molecule has 0 saturated carbocycles. The van der Waals surface area contributed by atoms with Crippen LogP contribution >= 0.6 is 11.6 Å². The highest BCUT2D eigenvalue weighted by atomic mass is 35.5. The van der Waals surface area contributed by atoms with Crippen molar-refractivity contribution in [2.75, 3.05) is 11.9 Å². The highest BCUT2D eigenvalue weighted by Crippen LogP contribution is 2.35. The van der Waals surface area contributed by atoms with E-state index in [-0.39, 0.29) is 23.2 Å². The van der Waals surface area contributed by atoms with E-state index in [0.717, 1.165) is 40.5 Å². The van der Waals surface area contributed by atoms with Gasteiger partial charge in [-0.1, -0.05) is 17.7 Å². The third-order valence-corrected chi connectivity index (χ3v) is 6.40. The van der Waals surface area contributed by atoms with Gasteiger partial charge in [-0.25, -0.2) is 9.67 Å². The molecule has 0 spiro atoms. The first kappa shape index (κ1) is 20.8. The Morgan fingerprint density at radius 3 is 2.94 bits per heavy atom. The third kappa shape index (κ3) is 3.17. The Hall–Kier alpha value is -3.76.